The van der Waals surface area contributed by atoms with E-state index >= 15 is 0 Å². The molecule has 0 aliphatic carbocycles. The summed E-state index contributed by atoms with van der Waals surface area (Å²) in [6.45, 7) is 3.84. The number of furan rings is 1. The first-order chi connectivity index (χ1) is 11.1. The fraction of sp³-hybridized carbons (Fsp3) is 0.0588. The third kappa shape index (κ3) is 4.96. The third-order valence-electron chi connectivity index (χ3n) is 2.81. The fourth-order valence-corrected chi connectivity index (χ4v) is 2.06. The SMILES string of the molecule is C=CCNC(=O)C(=Cc1ccccc1)NC(=O)c1ccc(Br)o1. The monoisotopic (exact) mass is 374 g/mol. The molecule has 0 aliphatic heterocycles. The average molecular weight is 375 g/mol. The van der Waals surface area contributed by atoms with Crippen LogP contribution in [-0.2, 0) is 4.79 Å². The lowest BCUT2D eigenvalue weighted by Crippen LogP contribution is -2.34. The van der Waals surface area contributed by atoms with Crippen molar-refractivity contribution in [2.75, 3.05) is 6.54 Å². The summed E-state index contributed by atoms with van der Waals surface area (Å²) >= 11 is 3.13. The Balaban J connectivity index is 2.22. The molecule has 23 heavy (non-hydrogen) atoms. The van der Waals surface area contributed by atoms with Gasteiger partial charge in [0.05, 0.1) is 0 Å². The van der Waals surface area contributed by atoms with Crippen molar-refractivity contribution in [1.82, 2.24) is 10.6 Å². The largest absolute Gasteiger partial charge is 0.444 e. The zero-order valence-electron chi connectivity index (χ0n) is 12.2. The van der Waals surface area contributed by atoms with Crippen LogP contribution in [0.15, 0.2) is 69.9 Å². The molecule has 1 aromatic heterocycles. The summed E-state index contributed by atoms with van der Waals surface area (Å²) in [6.07, 6.45) is 3.15. The molecule has 0 aliphatic rings. The topological polar surface area (TPSA) is 71.3 Å². The molecule has 0 unspecified atom stereocenters. The van der Waals surface area contributed by atoms with E-state index in [-0.39, 0.29) is 11.5 Å². The number of halogens is 1. The molecule has 118 valence electrons. The van der Waals surface area contributed by atoms with E-state index in [4.69, 9.17) is 4.42 Å². The summed E-state index contributed by atoms with van der Waals surface area (Å²) in [5, 5.41) is 5.20. The molecule has 6 heteroatoms. The normalized spacial score (nSPS) is 10.9. The predicted molar refractivity (Wildman–Crippen MR) is 91.5 cm³/mol. The number of amides is 2. The molecule has 1 aromatic carbocycles. The van der Waals surface area contributed by atoms with Crippen LogP contribution in [0.25, 0.3) is 6.08 Å². The highest BCUT2D eigenvalue weighted by atomic mass is 79.9. The van der Waals surface area contributed by atoms with Crippen molar-refractivity contribution >= 4 is 33.8 Å². The van der Waals surface area contributed by atoms with E-state index in [1.54, 1.807) is 18.2 Å². The van der Waals surface area contributed by atoms with Crippen LogP contribution >= 0.6 is 15.9 Å². The molecule has 0 spiro atoms. The second-order valence-corrected chi connectivity index (χ2v) is 5.31. The van der Waals surface area contributed by atoms with Gasteiger partial charge in [0.15, 0.2) is 10.4 Å². The molecule has 2 N–H and O–H groups in total. The minimum atomic E-state index is -0.508. The van der Waals surface area contributed by atoms with Crippen molar-refractivity contribution in [3.8, 4) is 0 Å². The zero-order valence-corrected chi connectivity index (χ0v) is 13.8. The van der Waals surface area contributed by atoms with Gasteiger partial charge in [-0.3, -0.25) is 9.59 Å². The minimum Gasteiger partial charge on any atom is -0.444 e. The van der Waals surface area contributed by atoms with Crippen LogP contribution < -0.4 is 10.6 Å². The third-order valence-corrected chi connectivity index (χ3v) is 3.23. The summed E-state index contributed by atoms with van der Waals surface area (Å²) < 4.78 is 5.62. The quantitative estimate of drug-likeness (QED) is 0.602. The van der Waals surface area contributed by atoms with Crippen molar-refractivity contribution in [3.63, 3.8) is 0 Å². The van der Waals surface area contributed by atoms with Gasteiger partial charge in [0.1, 0.15) is 5.70 Å². The Morgan fingerprint density at radius 1 is 1.17 bits per heavy atom. The van der Waals surface area contributed by atoms with Gasteiger partial charge in [0, 0.05) is 6.54 Å². The number of carbonyl (C=O) groups is 2. The van der Waals surface area contributed by atoms with Gasteiger partial charge in [0.2, 0.25) is 0 Å². The predicted octanol–water partition coefficient (Wildman–Crippen LogP) is 3.12. The minimum absolute atomic E-state index is 0.104. The standard InChI is InChI=1S/C17H15BrN2O3/c1-2-10-19-16(21)13(11-12-6-4-3-5-7-12)20-17(22)14-8-9-15(18)23-14/h2-9,11H,1,10H2,(H,19,21)(H,20,22). The van der Waals surface area contributed by atoms with Crippen LogP contribution in [0.5, 0.6) is 0 Å². The first-order valence-electron chi connectivity index (χ1n) is 6.82. The first-order valence-corrected chi connectivity index (χ1v) is 7.62. The highest BCUT2D eigenvalue weighted by molar-refractivity contribution is 9.10. The van der Waals surface area contributed by atoms with Gasteiger partial charge < -0.3 is 15.1 Å². The molecule has 0 atom stereocenters. The number of rotatable bonds is 6. The lowest BCUT2D eigenvalue weighted by atomic mass is 10.2. The van der Waals surface area contributed by atoms with Gasteiger partial charge in [-0.25, -0.2) is 0 Å². The van der Waals surface area contributed by atoms with E-state index in [1.165, 1.54) is 6.07 Å². The molecule has 2 aromatic rings. The van der Waals surface area contributed by atoms with Crippen LogP contribution in [0.4, 0.5) is 0 Å². The summed E-state index contributed by atoms with van der Waals surface area (Å²) in [7, 11) is 0. The van der Waals surface area contributed by atoms with Gasteiger partial charge in [-0.05, 0) is 39.7 Å². The molecule has 0 saturated heterocycles. The van der Waals surface area contributed by atoms with Gasteiger partial charge in [-0.2, -0.15) is 0 Å². The van der Waals surface area contributed by atoms with Crippen molar-refractivity contribution in [2.45, 2.75) is 0 Å². The summed E-state index contributed by atoms with van der Waals surface area (Å²) in [5.41, 5.74) is 0.910. The lowest BCUT2D eigenvalue weighted by molar-refractivity contribution is -0.117. The lowest BCUT2D eigenvalue weighted by Gasteiger charge is -2.09. The van der Waals surface area contributed by atoms with Crippen molar-refractivity contribution in [1.29, 1.82) is 0 Å². The number of hydrogen-bond acceptors (Lipinski definition) is 3. The van der Waals surface area contributed by atoms with E-state index in [1.807, 2.05) is 30.3 Å². The highest BCUT2D eigenvalue weighted by Crippen LogP contribution is 2.14. The van der Waals surface area contributed by atoms with Crippen LogP contribution in [-0.4, -0.2) is 18.4 Å². The molecule has 2 rings (SSSR count). The Morgan fingerprint density at radius 2 is 1.91 bits per heavy atom. The van der Waals surface area contributed by atoms with E-state index in [0.29, 0.717) is 11.2 Å². The molecule has 0 saturated carbocycles. The van der Waals surface area contributed by atoms with Gasteiger partial charge >= 0.3 is 0 Å². The van der Waals surface area contributed by atoms with Gasteiger partial charge in [-0.15, -0.1) is 6.58 Å². The second-order valence-electron chi connectivity index (χ2n) is 4.53. The zero-order chi connectivity index (χ0) is 16.7. The Bertz CT molecular complexity index is 735. The Labute approximate surface area is 142 Å². The van der Waals surface area contributed by atoms with Crippen LogP contribution in [0, 0.1) is 0 Å². The smallest absolute Gasteiger partial charge is 0.291 e. The number of carbonyl (C=O) groups excluding carboxylic acids is 2. The number of nitrogens with one attached hydrogen (secondary N) is 2. The molecule has 0 fully saturated rings. The van der Waals surface area contributed by atoms with E-state index < -0.39 is 11.8 Å². The van der Waals surface area contributed by atoms with E-state index in [0.717, 1.165) is 5.56 Å². The maximum absolute atomic E-state index is 12.2. The fourth-order valence-electron chi connectivity index (χ4n) is 1.75. The molecule has 2 amide bonds. The van der Waals surface area contributed by atoms with Gasteiger partial charge in [-0.1, -0.05) is 36.4 Å². The van der Waals surface area contributed by atoms with E-state index in [9.17, 15) is 9.59 Å². The molecule has 5 nitrogen and oxygen atoms in total. The molecular formula is C17H15BrN2O3. The maximum atomic E-state index is 12.2. The molecule has 0 bridgehead atoms. The van der Waals surface area contributed by atoms with Crippen molar-refractivity contribution in [3.05, 3.63) is 76.8 Å². The van der Waals surface area contributed by atoms with Crippen LogP contribution in [0.3, 0.4) is 0 Å². The highest BCUT2D eigenvalue weighted by Gasteiger charge is 2.16. The Hall–Kier alpha value is -2.60. The summed E-state index contributed by atoms with van der Waals surface area (Å²) in [6, 6.07) is 12.3. The van der Waals surface area contributed by atoms with Crippen LogP contribution in [0.2, 0.25) is 0 Å². The van der Waals surface area contributed by atoms with Crippen LogP contribution in [0.1, 0.15) is 16.1 Å². The summed E-state index contributed by atoms with van der Waals surface area (Å²) in [4.78, 5) is 24.4. The maximum Gasteiger partial charge on any atom is 0.291 e. The first kappa shape index (κ1) is 16.8. The average Bonchev–Trinajstić information content (AvgIpc) is 2.99. The summed E-state index contributed by atoms with van der Waals surface area (Å²) in [5.74, 6) is -0.813. The molecule has 0 radical (unpaired) electrons. The van der Waals surface area contributed by atoms with Crippen molar-refractivity contribution in [2.24, 2.45) is 0 Å². The number of benzene rings is 1. The Kier molecular flexibility index (Phi) is 5.94. The van der Waals surface area contributed by atoms with Crippen molar-refractivity contribution < 1.29 is 14.0 Å². The molecule has 1 heterocycles. The van der Waals surface area contributed by atoms with Gasteiger partial charge in [0.25, 0.3) is 11.8 Å². The Morgan fingerprint density at radius 3 is 2.52 bits per heavy atom. The second kappa shape index (κ2) is 8.14. The number of hydrogen-bond donors (Lipinski definition) is 2. The van der Waals surface area contributed by atoms with E-state index in [2.05, 4.69) is 33.1 Å². The molecular weight excluding hydrogens is 360 g/mol.